The second-order valence-corrected chi connectivity index (χ2v) is 10.2. The zero-order valence-corrected chi connectivity index (χ0v) is 16.6. The molecule has 1 aliphatic heterocycles. The predicted octanol–water partition coefficient (Wildman–Crippen LogP) is 2.84. The van der Waals surface area contributed by atoms with Crippen LogP contribution >= 0.6 is 11.8 Å². The van der Waals surface area contributed by atoms with Crippen LogP contribution in [0.2, 0.25) is 0 Å². The van der Waals surface area contributed by atoms with Crippen molar-refractivity contribution in [3.63, 3.8) is 0 Å². The molecule has 0 spiro atoms. The molecule has 0 saturated carbocycles. The quantitative estimate of drug-likeness (QED) is 0.655. The van der Waals surface area contributed by atoms with Crippen molar-refractivity contribution in [1.29, 1.82) is 0 Å². The summed E-state index contributed by atoms with van der Waals surface area (Å²) in [6.07, 6.45) is 4.83. The molecule has 0 N–H and O–H groups in total. The van der Waals surface area contributed by atoms with Crippen LogP contribution in [0, 0.1) is 6.92 Å². The van der Waals surface area contributed by atoms with Crippen LogP contribution in [-0.4, -0.2) is 44.9 Å². The summed E-state index contributed by atoms with van der Waals surface area (Å²) >= 11 is 1.51. The minimum atomic E-state index is -2.93. The van der Waals surface area contributed by atoms with Crippen molar-refractivity contribution in [1.82, 2.24) is 19.7 Å². The molecule has 0 bridgehead atoms. The first-order chi connectivity index (χ1) is 13.0. The lowest BCUT2D eigenvalue weighted by Crippen LogP contribution is -2.09. The van der Waals surface area contributed by atoms with Crippen LogP contribution in [0.3, 0.4) is 0 Å². The zero-order chi connectivity index (χ0) is 18.9. The van der Waals surface area contributed by atoms with Crippen molar-refractivity contribution in [2.45, 2.75) is 30.2 Å². The van der Waals surface area contributed by atoms with Crippen molar-refractivity contribution in [2.75, 3.05) is 11.5 Å². The summed E-state index contributed by atoms with van der Waals surface area (Å²) in [7, 11) is -2.93. The van der Waals surface area contributed by atoms with Gasteiger partial charge in [-0.2, -0.15) is 0 Å². The van der Waals surface area contributed by atoms with E-state index < -0.39 is 9.84 Å². The van der Waals surface area contributed by atoms with Gasteiger partial charge in [-0.1, -0.05) is 30.0 Å². The SMILES string of the molecule is Cc1ccccc1-n1c(Cc2ccncc2)nnc1SC1CCS(=O)(=O)C1. The molecule has 6 nitrogen and oxygen atoms in total. The standard InChI is InChI=1S/C19H20N4O2S2/c1-14-4-2-3-5-17(14)23-18(12-15-6-9-20-10-7-15)21-22-19(23)26-16-8-11-27(24,25)13-16/h2-7,9-10,16H,8,11-13H2,1H3. The van der Waals surface area contributed by atoms with E-state index in [1.807, 2.05) is 30.3 Å². The number of thioether (sulfide) groups is 1. The first-order valence-corrected chi connectivity index (χ1v) is 11.5. The molecule has 1 unspecified atom stereocenters. The zero-order valence-electron chi connectivity index (χ0n) is 14.9. The molecule has 27 heavy (non-hydrogen) atoms. The lowest BCUT2D eigenvalue weighted by Gasteiger charge is -2.14. The normalized spacial score (nSPS) is 18.6. The molecule has 1 aromatic carbocycles. The average molecular weight is 401 g/mol. The molecular weight excluding hydrogens is 380 g/mol. The van der Waals surface area contributed by atoms with E-state index in [0.717, 1.165) is 27.8 Å². The van der Waals surface area contributed by atoms with Crippen LogP contribution in [0.25, 0.3) is 5.69 Å². The van der Waals surface area contributed by atoms with E-state index in [1.54, 1.807) is 12.4 Å². The van der Waals surface area contributed by atoms with Gasteiger partial charge in [0.1, 0.15) is 5.82 Å². The predicted molar refractivity (Wildman–Crippen MR) is 106 cm³/mol. The van der Waals surface area contributed by atoms with E-state index in [1.165, 1.54) is 11.8 Å². The van der Waals surface area contributed by atoms with Crippen LogP contribution in [0.5, 0.6) is 0 Å². The Labute approximate surface area is 163 Å². The molecule has 2 aromatic heterocycles. The Hall–Kier alpha value is -2.19. The summed E-state index contributed by atoms with van der Waals surface area (Å²) in [4.78, 5) is 4.07. The van der Waals surface area contributed by atoms with E-state index in [4.69, 9.17) is 0 Å². The van der Waals surface area contributed by atoms with Gasteiger partial charge in [0, 0.05) is 24.1 Å². The number of pyridine rings is 1. The second-order valence-electron chi connectivity index (χ2n) is 6.70. The number of sulfone groups is 1. The number of nitrogens with zero attached hydrogens (tertiary/aromatic N) is 4. The van der Waals surface area contributed by atoms with Crippen molar-refractivity contribution >= 4 is 21.6 Å². The Bertz CT molecular complexity index is 1050. The lowest BCUT2D eigenvalue weighted by atomic mass is 10.1. The average Bonchev–Trinajstić information content (AvgIpc) is 3.19. The van der Waals surface area contributed by atoms with Crippen molar-refractivity contribution in [3.05, 3.63) is 65.7 Å². The summed E-state index contributed by atoms with van der Waals surface area (Å²) < 4.78 is 25.7. The maximum atomic E-state index is 11.8. The molecule has 0 aliphatic carbocycles. The van der Waals surface area contributed by atoms with E-state index in [0.29, 0.717) is 12.8 Å². The van der Waals surface area contributed by atoms with Gasteiger partial charge in [-0.15, -0.1) is 10.2 Å². The fraction of sp³-hybridized carbons (Fsp3) is 0.316. The van der Waals surface area contributed by atoms with E-state index in [-0.39, 0.29) is 16.8 Å². The largest absolute Gasteiger partial charge is 0.273 e. The van der Waals surface area contributed by atoms with Crippen LogP contribution < -0.4 is 0 Å². The third-order valence-corrected chi connectivity index (χ3v) is 7.82. The first kappa shape index (κ1) is 18.2. The second kappa shape index (κ2) is 7.44. The Morgan fingerprint density at radius 2 is 1.93 bits per heavy atom. The smallest absolute Gasteiger partial charge is 0.196 e. The Kier molecular flexibility index (Phi) is 5.01. The molecule has 0 amide bonds. The number of benzene rings is 1. The van der Waals surface area contributed by atoms with Crippen LogP contribution in [0.1, 0.15) is 23.4 Å². The molecule has 1 fully saturated rings. The highest BCUT2D eigenvalue weighted by molar-refractivity contribution is 8.01. The third-order valence-electron chi connectivity index (χ3n) is 4.63. The van der Waals surface area contributed by atoms with Gasteiger partial charge in [0.25, 0.3) is 0 Å². The summed E-state index contributed by atoms with van der Waals surface area (Å²) in [5, 5.41) is 9.61. The van der Waals surface area contributed by atoms with E-state index in [2.05, 4.69) is 32.7 Å². The molecule has 140 valence electrons. The monoisotopic (exact) mass is 400 g/mol. The van der Waals surface area contributed by atoms with Crippen molar-refractivity contribution < 1.29 is 8.42 Å². The molecule has 0 radical (unpaired) electrons. The number of aryl methyl sites for hydroxylation is 1. The molecule has 1 aliphatic rings. The van der Waals surface area contributed by atoms with Crippen LogP contribution in [0.4, 0.5) is 0 Å². The number of hydrogen-bond acceptors (Lipinski definition) is 6. The minimum Gasteiger partial charge on any atom is -0.273 e. The van der Waals surface area contributed by atoms with Gasteiger partial charge < -0.3 is 0 Å². The van der Waals surface area contributed by atoms with Gasteiger partial charge in [0.15, 0.2) is 15.0 Å². The topological polar surface area (TPSA) is 77.7 Å². The van der Waals surface area contributed by atoms with Gasteiger partial charge in [-0.3, -0.25) is 9.55 Å². The molecule has 8 heteroatoms. The third kappa shape index (κ3) is 4.06. The Morgan fingerprint density at radius 1 is 1.15 bits per heavy atom. The minimum absolute atomic E-state index is 0.0238. The lowest BCUT2D eigenvalue weighted by molar-refractivity contribution is 0.602. The number of hydrogen-bond donors (Lipinski definition) is 0. The van der Waals surface area contributed by atoms with Gasteiger partial charge in [-0.05, 0) is 42.7 Å². The van der Waals surface area contributed by atoms with Crippen LogP contribution in [-0.2, 0) is 16.3 Å². The molecule has 3 heterocycles. The maximum Gasteiger partial charge on any atom is 0.196 e. The fourth-order valence-corrected chi connectivity index (χ4v) is 6.75. The number of aromatic nitrogens is 4. The van der Waals surface area contributed by atoms with Crippen LogP contribution in [0.15, 0.2) is 53.9 Å². The highest BCUT2D eigenvalue weighted by atomic mass is 32.2. The van der Waals surface area contributed by atoms with Crippen molar-refractivity contribution in [3.8, 4) is 5.69 Å². The molecule has 1 saturated heterocycles. The number of rotatable bonds is 5. The van der Waals surface area contributed by atoms with Gasteiger partial charge in [0.2, 0.25) is 0 Å². The van der Waals surface area contributed by atoms with Gasteiger partial charge in [-0.25, -0.2) is 8.42 Å². The summed E-state index contributed by atoms with van der Waals surface area (Å²) in [6.45, 7) is 2.06. The maximum absolute atomic E-state index is 11.8. The van der Waals surface area contributed by atoms with E-state index >= 15 is 0 Å². The molecule has 3 aromatic rings. The van der Waals surface area contributed by atoms with E-state index in [9.17, 15) is 8.42 Å². The first-order valence-electron chi connectivity index (χ1n) is 8.78. The number of para-hydroxylation sites is 1. The molecular formula is C19H20N4O2S2. The molecule has 4 rings (SSSR count). The Balaban J connectivity index is 1.72. The van der Waals surface area contributed by atoms with Gasteiger partial charge >= 0.3 is 0 Å². The molecule has 1 atom stereocenters. The Morgan fingerprint density at radius 3 is 2.63 bits per heavy atom. The highest BCUT2D eigenvalue weighted by Gasteiger charge is 2.30. The van der Waals surface area contributed by atoms with Crippen molar-refractivity contribution in [2.24, 2.45) is 0 Å². The summed E-state index contributed by atoms with van der Waals surface area (Å²) in [5.74, 6) is 1.30. The fourth-order valence-electron chi connectivity index (χ4n) is 3.23. The summed E-state index contributed by atoms with van der Waals surface area (Å²) in [6, 6.07) is 12.0. The highest BCUT2D eigenvalue weighted by Crippen LogP contribution is 2.32. The summed E-state index contributed by atoms with van der Waals surface area (Å²) in [5.41, 5.74) is 3.25. The van der Waals surface area contributed by atoms with Gasteiger partial charge in [0.05, 0.1) is 17.2 Å².